The SMILES string of the molecule is Nc1ncccc1NCc1cc(NC(=O)c2cc3cc(Br)ccc3o2)ccc1F. The number of nitrogens with one attached hydrogen (secondary N) is 2. The Morgan fingerprint density at radius 3 is 2.86 bits per heavy atom. The molecule has 1 amide bonds. The Hall–Kier alpha value is -3.39. The highest BCUT2D eigenvalue weighted by molar-refractivity contribution is 9.10. The topological polar surface area (TPSA) is 93.2 Å². The highest BCUT2D eigenvalue weighted by atomic mass is 79.9. The number of benzene rings is 2. The maximum atomic E-state index is 14.2. The van der Waals surface area contributed by atoms with Crippen LogP contribution in [0.25, 0.3) is 11.0 Å². The molecule has 2 aromatic heterocycles. The molecule has 0 bridgehead atoms. The Balaban J connectivity index is 1.50. The fourth-order valence-corrected chi connectivity index (χ4v) is 3.24. The molecule has 146 valence electrons. The van der Waals surface area contributed by atoms with E-state index in [-0.39, 0.29) is 12.3 Å². The number of pyridine rings is 1. The number of nitrogens with zero attached hydrogens (tertiary/aromatic N) is 1. The van der Waals surface area contributed by atoms with Crippen LogP contribution in [0, 0.1) is 5.82 Å². The van der Waals surface area contributed by atoms with Crippen molar-refractivity contribution < 1.29 is 13.6 Å². The number of hydrogen-bond acceptors (Lipinski definition) is 5. The standard InChI is InChI=1S/C21H16BrFN4O2/c22-14-3-6-18-12(8-14)10-19(29-18)21(28)27-15-4-5-16(23)13(9-15)11-26-17-2-1-7-25-20(17)24/h1-10,26H,11H2,(H2,24,25)(H,27,28). The average Bonchev–Trinajstić information content (AvgIpc) is 3.13. The number of nitrogens with two attached hydrogens (primary N) is 1. The van der Waals surface area contributed by atoms with Gasteiger partial charge in [-0.3, -0.25) is 4.79 Å². The zero-order chi connectivity index (χ0) is 20.4. The Labute approximate surface area is 174 Å². The van der Waals surface area contributed by atoms with Gasteiger partial charge in [-0.1, -0.05) is 15.9 Å². The third-order valence-corrected chi connectivity index (χ3v) is 4.81. The number of amides is 1. The number of rotatable bonds is 5. The largest absolute Gasteiger partial charge is 0.451 e. The third-order valence-electron chi connectivity index (χ3n) is 4.31. The number of anilines is 3. The van der Waals surface area contributed by atoms with Crippen LogP contribution in [0.4, 0.5) is 21.6 Å². The van der Waals surface area contributed by atoms with Gasteiger partial charge in [-0.15, -0.1) is 0 Å². The highest BCUT2D eigenvalue weighted by Crippen LogP contribution is 2.24. The van der Waals surface area contributed by atoms with E-state index >= 15 is 0 Å². The summed E-state index contributed by atoms with van der Waals surface area (Å²) in [5.41, 5.74) is 7.83. The van der Waals surface area contributed by atoms with Crippen LogP contribution in [0.5, 0.6) is 0 Å². The number of fused-ring (bicyclic) bond motifs is 1. The first-order valence-electron chi connectivity index (χ1n) is 8.73. The van der Waals surface area contributed by atoms with E-state index in [0.29, 0.717) is 28.3 Å². The van der Waals surface area contributed by atoms with E-state index in [2.05, 4.69) is 31.5 Å². The number of furan rings is 1. The van der Waals surface area contributed by atoms with E-state index in [0.717, 1.165) is 9.86 Å². The summed E-state index contributed by atoms with van der Waals surface area (Å²) >= 11 is 3.39. The lowest BCUT2D eigenvalue weighted by molar-refractivity contribution is 0.0998. The second-order valence-corrected chi connectivity index (χ2v) is 7.26. The van der Waals surface area contributed by atoms with Gasteiger partial charge < -0.3 is 20.8 Å². The zero-order valence-corrected chi connectivity index (χ0v) is 16.7. The predicted molar refractivity (Wildman–Crippen MR) is 114 cm³/mol. The van der Waals surface area contributed by atoms with E-state index < -0.39 is 11.7 Å². The van der Waals surface area contributed by atoms with Crippen LogP contribution in [-0.2, 0) is 6.54 Å². The van der Waals surface area contributed by atoms with Gasteiger partial charge in [0.25, 0.3) is 5.91 Å². The second-order valence-electron chi connectivity index (χ2n) is 6.34. The monoisotopic (exact) mass is 454 g/mol. The maximum Gasteiger partial charge on any atom is 0.291 e. The fourth-order valence-electron chi connectivity index (χ4n) is 2.86. The lowest BCUT2D eigenvalue weighted by Crippen LogP contribution is -2.12. The van der Waals surface area contributed by atoms with Gasteiger partial charge in [0.1, 0.15) is 17.2 Å². The van der Waals surface area contributed by atoms with Crippen LogP contribution in [-0.4, -0.2) is 10.9 Å². The molecule has 2 heterocycles. The molecule has 0 aliphatic carbocycles. The van der Waals surface area contributed by atoms with Crippen LogP contribution >= 0.6 is 15.9 Å². The number of halogens is 2. The molecule has 29 heavy (non-hydrogen) atoms. The molecule has 4 N–H and O–H groups in total. The first kappa shape index (κ1) is 18.9. The highest BCUT2D eigenvalue weighted by Gasteiger charge is 2.14. The van der Waals surface area contributed by atoms with Gasteiger partial charge in [0.15, 0.2) is 5.76 Å². The summed E-state index contributed by atoms with van der Waals surface area (Å²) < 4.78 is 20.7. The minimum Gasteiger partial charge on any atom is -0.451 e. The Kier molecular flexibility index (Phi) is 5.18. The van der Waals surface area contributed by atoms with Crippen molar-refractivity contribution in [2.24, 2.45) is 0 Å². The first-order chi connectivity index (χ1) is 14.0. The van der Waals surface area contributed by atoms with Gasteiger partial charge in [-0.2, -0.15) is 0 Å². The molecular formula is C21H16BrFN4O2. The molecule has 6 nitrogen and oxygen atoms in total. The molecule has 0 unspecified atom stereocenters. The first-order valence-corrected chi connectivity index (χ1v) is 9.52. The molecule has 4 rings (SSSR count). The van der Waals surface area contributed by atoms with Crippen LogP contribution in [0.1, 0.15) is 16.1 Å². The zero-order valence-electron chi connectivity index (χ0n) is 15.1. The van der Waals surface area contributed by atoms with Crippen molar-refractivity contribution in [3.05, 3.63) is 82.4 Å². The summed E-state index contributed by atoms with van der Waals surface area (Å²) in [5, 5.41) is 6.59. The molecule has 2 aromatic carbocycles. The Bertz CT molecular complexity index is 1210. The fraction of sp³-hybridized carbons (Fsp3) is 0.0476. The molecule has 0 radical (unpaired) electrons. The van der Waals surface area contributed by atoms with Crippen molar-refractivity contribution >= 4 is 50.0 Å². The molecular weight excluding hydrogens is 439 g/mol. The summed E-state index contributed by atoms with van der Waals surface area (Å²) in [5.74, 6) is -0.315. The molecule has 0 saturated heterocycles. The Morgan fingerprint density at radius 1 is 1.17 bits per heavy atom. The number of hydrogen-bond donors (Lipinski definition) is 3. The van der Waals surface area contributed by atoms with Crippen molar-refractivity contribution in [2.75, 3.05) is 16.4 Å². The molecule has 4 aromatic rings. The molecule has 0 spiro atoms. The molecule has 0 aliphatic heterocycles. The van der Waals surface area contributed by atoms with Crippen molar-refractivity contribution in [1.29, 1.82) is 0 Å². The summed E-state index contributed by atoms with van der Waals surface area (Å²) in [6.45, 7) is 0.185. The smallest absolute Gasteiger partial charge is 0.291 e. The van der Waals surface area contributed by atoms with Gasteiger partial charge in [0, 0.05) is 33.9 Å². The summed E-state index contributed by atoms with van der Waals surface area (Å²) in [6.07, 6.45) is 1.58. The van der Waals surface area contributed by atoms with Crippen molar-refractivity contribution in [3.63, 3.8) is 0 Å². The number of aromatic nitrogens is 1. The third kappa shape index (κ3) is 4.22. The predicted octanol–water partition coefficient (Wildman–Crippen LogP) is 5.18. The quantitative estimate of drug-likeness (QED) is 0.386. The van der Waals surface area contributed by atoms with E-state index in [4.69, 9.17) is 10.2 Å². The van der Waals surface area contributed by atoms with Crippen molar-refractivity contribution in [1.82, 2.24) is 4.98 Å². The van der Waals surface area contributed by atoms with Crippen LogP contribution in [0.3, 0.4) is 0 Å². The summed E-state index contributed by atoms with van der Waals surface area (Å²) in [4.78, 5) is 16.5. The summed E-state index contributed by atoms with van der Waals surface area (Å²) in [7, 11) is 0. The van der Waals surface area contributed by atoms with Crippen LogP contribution in [0.15, 0.2) is 69.7 Å². The van der Waals surface area contributed by atoms with E-state index in [9.17, 15) is 9.18 Å². The summed E-state index contributed by atoms with van der Waals surface area (Å²) in [6, 6.07) is 15.0. The average molecular weight is 455 g/mol. The van der Waals surface area contributed by atoms with Crippen molar-refractivity contribution in [3.8, 4) is 0 Å². The molecule has 0 fully saturated rings. The normalized spacial score (nSPS) is 10.8. The second kappa shape index (κ2) is 7.92. The van der Waals surface area contributed by atoms with E-state index in [1.165, 1.54) is 12.1 Å². The molecule has 0 aliphatic rings. The number of carbonyl (C=O) groups is 1. The maximum absolute atomic E-state index is 14.2. The van der Waals surface area contributed by atoms with Gasteiger partial charge in [-0.05, 0) is 54.6 Å². The van der Waals surface area contributed by atoms with Gasteiger partial charge >= 0.3 is 0 Å². The molecule has 8 heteroatoms. The van der Waals surface area contributed by atoms with Crippen LogP contribution < -0.4 is 16.4 Å². The minimum absolute atomic E-state index is 0.172. The van der Waals surface area contributed by atoms with Crippen LogP contribution in [0.2, 0.25) is 0 Å². The lowest BCUT2D eigenvalue weighted by atomic mass is 10.1. The lowest BCUT2D eigenvalue weighted by Gasteiger charge is -2.11. The molecule has 0 atom stereocenters. The van der Waals surface area contributed by atoms with Crippen molar-refractivity contribution in [2.45, 2.75) is 6.54 Å². The Morgan fingerprint density at radius 2 is 2.03 bits per heavy atom. The van der Waals surface area contributed by atoms with Gasteiger partial charge in [0.2, 0.25) is 0 Å². The van der Waals surface area contributed by atoms with E-state index in [1.807, 2.05) is 12.1 Å². The van der Waals surface area contributed by atoms with Gasteiger partial charge in [-0.25, -0.2) is 9.37 Å². The van der Waals surface area contributed by atoms with Gasteiger partial charge in [0.05, 0.1) is 5.69 Å². The minimum atomic E-state index is -0.417. The number of carbonyl (C=O) groups excluding carboxylic acids is 1. The molecule has 0 saturated carbocycles. The number of nitrogen functional groups attached to an aromatic ring is 1. The van der Waals surface area contributed by atoms with E-state index in [1.54, 1.807) is 36.5 Å².